The van der Waals surface area contributed by atoms with Crippen LogP contribution in [0.2, 0.25) is 0 Å². The second kappa shape index (κ2) is 5.05. The van der Waals surface area contributed by atoms with E-state index in [1.165, 1.54) is 12.8 Å². The van der Waals surface area contributed by atoms with Gasteiger partial charge in [-0.15, -0.1) is 0 Å². The predicted octanol–water partition coefficient (Wildman–Crippen LogP) is 2.08. The molecule has 1 heterocycles. The van der Waals surface area contributed by atoms with Crippen molar-refractivity contribution < 1.29 is 9.59 Å². The Kier molecular flexibility index (Phi) is 3.51. The van der Waals surface area contributed by atoms with Crippen LogP contribution in [-0.2, 0) is 9.59 Å². The molecule has 4 nitrogen and oxygen atoms in total. The summed E-state index contributed by atoms with van der Waals surface area (Å²) in [5, 5.41) is 3.04. The molecule has 0 aromatic rings. The Labute approximate surface area is 121 Å². The van der Waals surface area contributed by atoms with E-state index in [9.17, 15) is 9.59 Å². The van der Waals surface area contributed by atoms with Crippen LogP contribution in [0.25, 0.3) is 0 Å². The average molecular weight is 278 g/mol. The quantitative estimate of drug-likeness (QED) is 0.856. The van der Waals surface area contributed by atoms with Gasteiger partial charge in [0.1, 0.15) is 11.6 Å². The van der Waals surface area contributed by atoms with Crippen molar-refractivity contribution in [2.24, 2.45) is 11.8 Å². The highest BCUT2D eigenvalue weighted by Gasteiger charge is 2.55. The lowest BCUT2D eigenvalue weighted by atomic mass is 9.85. The minimum absolute atomic E-state index is 0.112. The summed E-state index contributed by atoms with van der Waals surface area (Å²) in [4.78, 5) is 27.6. The van der Waals surface area contributed by atoms with E-state index < -0.39 is 5.54 Å². The van der Waals surface area contributed by atoms with Crippen LogP contribution in [0, 0.1) is 11.8 Å². The first-order chi connectivity index (χ1) is 9.58. The second-order valence-corrected chi connectivity index (χ2v) is 6.97. The summed E-state index contributed by atoms with van der Waals surface area (Å²) in [6.45, 7) is 4.94. The molecule has 1 N–H and O–H groups in total. The fourth-order valence-electron chi connectivity index (χ4n) is 3.74. The topological polar surface area (TPSA) is 49.4 Å². The molecule has 3 fully saturated rings. The van der Waals surface area contributed by atoms with E-state index in [-0.39, 0.29) is 23.8 Å². The predicted molar refractivity (Wildman–Crippen MR) is 77.0 cm³/mol. The molecule has 0 bridgehead atoms. The second-order valence-electron chi connectivity index (χ2n) is 6.97. The Morgan fingerprint density at radius 1 is 1.30 bits per heavy atom. The number of amides is 2. The van der Waals surface area contributed by atoms with Crippen molar-refractivity contribution in [2.75, 3.05) is 6.54 Å². The number of piperazine rings is 1. The third kappa shape index (κ3) is 2.13. The van der Waals surface area contributed by atoms with Crippen molar-refractivity contribution >= 4 is 11.8 Å². The Hall–Kier alpha value is -1.06. The van der Waals surface area contributed by atoms with Gasteiger partial charge < -0.3 is 10.2 Å². The molecule has 1 saturated heterocycles. The molecule has 3 rings (SSSR count). The van der Waals surface area contributed by atoms with Crippen molar-refractivity contribution in [3.63, 3.8) is 0 Å². The zero-order valence-electron chi connectivity index (χ0n) is 12.7. The molecule has 2 aliphatic carbocycles. The van der Waals surface area contributed by atoms with Crippen molar-refractivity contribution in [1.82, 2.24) is 10.2 Å². The van der Waals surface area contributed by atoms with E-state index in [0.717, 1.165) is 38.6 Å². The Morgan fingerprint density at radius 2 is 1.95 bits per heavy atom. The van der Waals surface area contributed by atoms with Crippen LogP contribution in [0.4, 0.5) is 0 Å². The number of carbonyl (C=O) groups excluding carboxylic acids is 2. The molecule has 1 aliphatic heterocycles. The highest BCUT2D eigenvalue weighted by Crippen LogP contribution is 2.42. The number of nitrogens with zero attached hydrogens (tertiary/aromatic N) is 1. The molecule has 0 aromatic heterocycles. The molecule has 0 radical (unpaired) electrons. The summed E-state index contributed by atoms with van der Waals surface area (Å²) in [5.41, 5.74) is -0.510. The average Bonchev–Trinajstić information content (AvgIpc) is 3.14. The molecule has 20 heavy (non-hydrogen) atoms. The molecule has 0 aromatic carbocycles. The molecule has 2 unspecified atom stereocenters. The van der Waals surface area contributed by atoms with E-state index in [0.29, 0.717) is 5.92 Å². The first kappa shape index (κ1) is 13.9. The number of hydrogen-bond donors (Lipinski definition) is 1. The number of rotatable bonds is 4. The highest BCUT2D eigenvalue weighted by atomic mass is 16.2. The van der Waals surface area contributed by atoms with Gasteiger partial charge in [0.25, 0.3) is 0 Å². The van der Waals surface area contributed by atoms with E-state index in [1.807, 2.05) is 4.90 Å². The lowest BCUT2D eigenvalue weighted by Gasteiger charge is -2.47. The minimum atomic E-state index is -0.510. The van der Waals surface area contributed by atoms with E-state index >= 15 is 0 Å². The zero-order valence-corrected chi connectivity index (χ0v) is 12.7. The van der Waals surface area contributed by atoms with Crippen LogP contribution < -0.4 is 5.32 Å². The van der Waals surface area contributed by atoms with Gasteiger partial charge in [-0.05, 0) is 37.5 Å². The van der Waals surface area contributed by atoms with Gasteiger partial charge in [0, 0.05) is 6.54 Å². The summed E-state index contributed by atoms with van der Waals surface area (Å²) in [6.07, 6.45) is 7.19. The molecule has 2 amide bonds. The summed E-state index contributed by atoms with van der Waals surface area (Å²) >= 11 is 0. The van der Waals surface area contributed by atoms with Crippen molar-refractivity contribution in [3.05, 3.63) is 0 Å². The van der Waals surface area contributed by atoms with Gasteiger partial charge in [-0.1, -0.05) is 33.1 Å². The molecule has 1 spiro atoms. The Morgan fingerprint density at radius 3 is 2.50 bits per heavy atom. The number of hydrogen-bond acceptors (Lipinski definition) is 2. The molecule has 112 valence electrons. The maximum absolute atomic E-state index is 12.9. The first-order valence-corrected chi connectivity index (χ1v) is 8.21. The van der Waals surface area contributed by atoms with Gasteiger partial charge in [-0.25, -0.2) is 0 Å². The van der Waals surface area contributed by atoms with Gasteiger partial charge in [0.05, 0.1) is 0 Å². The minimum Gasteiger partial charge on any atom is -0.342 e. The first-order valence-electron chi connectivity index (χ1n) is 8.21. The smallest absolute Gasteiger partial charge is 0.246 e. The van der Waals surface area contributed by atoms with Gasteiger partial charge in [-0.2, -0.15) is 0 Å². The van der Waals surface area contributed by atoms with Crippen LogP contribution in [-0.4, -0.2) is 34.8 Å². The van der Waals surface area contributed by atoms with Gasteiger partial charge in [-0.3, -0.25) is 9.59 Å². The summed E-state index contributed by atoms with van der Waals surface area (Å²) < 4.78 is 0. The summed E-state index contributed by atoms with van der Waals surface area (Å²) in [5.74, 6) is 1.14. The van der Waals surface area contributed by atoms with Gasteiger partial charge in [0.15, 0.2) is 0 Å². The van der Waals surface area contributed by atoms with Crippen molar-refractivity contribution in [1.29, 1.82) is 0 Å². The number of nitrogens with one attached hydrogen (secondary N) is 1. The van der Waals surface area contributed by atoms with Crippen molar-refractivity contribution in [3.8, 4) is 0 Å². The van der Waals surface area contributed by atoms with Gasteiger partial charge >= 0.3 is 0 Å². The fourth-order valence-corrected chi connectivity index (χ4v) is 3.74. The maximum atomic E-state index is 12.9. The summed E-state index contributed by atoms with van der Waals surface area (Å²) in [6, 6.07) is -0.308. The lowest BCUT2D eigenvalue weighted by Crippen LogP contribution is -2.71. The highest BCUT2D eigenvalue weighted by molar-refractivity contribution is 6.00. The Balaban J connectivity index is 1.88. The molecular formula is C16H26N2O2. The van der Waals surface area contributed by atoms with E-state index in [2.05, 4.69) is 19.2 Å². The van der Waals surface area contributed by atoms with E-state index in [4.69, 9.17) is 0 Å². The maximum Gasteiger partial charge on any atom is 0.246 e. The normalized spacial score (nSPS) is 30.7. The number of carbonyl (C=O) groups is 2. The van der Waals surface area contributed by atoms with Crippen LogP contribution in [0.5, 0.6) is 0 Å². The monoisotopic (exact) mass is 278 g/mol. The molecular weight excluding hydrogens is 252 g/mol. The summed E-state index contributed by atoms with van der Waals surface area (Å²) in [7, 11) is 0. The van der Waals surface area contributed by atoms with Crippen LogP contribution >= 0.6 is 0 Å². The zero-order chi connectivity index (χ0) is 14.3. The van der Waals surface area contributed by atoms with Crippen LogP contribution in [0.3, 0.4) is 0 Å². The largest absolute Gasteiger partial charge is 0.342 e. The molecule has 2 saturated carbocycles. The lowest BCUT2D eigenvalue weighted by molar-refractivity contribution is -0.159. The van der Waals surface area contributed by atoms with Gasteiger partial charge in [0.2, 0.25) is 11.8 Å². The standard InChI is InChI=1S/C16H26N2O2/c1-3-11(2)13-14(19)18(10-12-6-7-12)16(15(20)17-13)8-4-5-9-16/h11-13H,3-10H2,1-2H3,(H,17,20). The molecule has 2 atom stereocenters. The SMILES string of the molecule is CCC(C)C1NC(=O)C2(CCCC2)N(CC2CC2)C1=O. The third-order valence-corrected chi connectivity index (χ3v) is 5.54. The fraction of sp³-hybridized carbons (Fsp3) is 0.875. The van der Waals surface area contributed by atoms with Crippen molar-refractivity contribution in [2.45, 2.75) is 70.4 Å². The van der Waals surface area contributed by atoms with E-state index in [1.54, 1.807) is 0 Å². The molecule has 4 heteroatoms. The van der Waals surface area contributed by atoms with Crippen LogP contribution in [0.1, 0.15) is 58.8 Å². The van der Waals surface area contributed by atoms with Crippen LogP contribution in [0.15, 0.2) is 0 Å². The Bertz CT molecular complexity index is 411. The third-order valence-electron chi connectivity index (χ3n) is 5.54. The molecule has 3 aliphatic rings.